The highest BCUT2D eigenvalue weighted by atomic mass is 14.0. The van der Waals surface area contributed by atoms with Gasteiger partial charge in [-0.3, -0.25) is 0 Å². The van der Waals surface area contributed by atoms with Crippen LogP contribution in [-0.2, 0) is 6.42 Å². The van der Waals surface area contributed by atoms with E-state index in [-0.39, 0.29) is 0 Å². The molecule has 14 heavy (non-hydrogen) atoms. The van der Waals surface area contributed by atoms with Gasteiger partial charge in [-0.2, -0.15) is 0 Å². The first-order valence-electron chi connectivity index (χ1n) is 5.15. The first kappa shape index (κ1) is 9.26. The van der Waals surface area contributed by atoms with Crippen LogP contribution in [0.25, 0.3) is 10.8 Å². The molecule has 0 bridgehead atoms. The van der Waals surface area contributed by atoms with Crippen molar-refractivity contribution in [3.8, 4) is 0 Å². The fourth-order valence-electron chi connectivity index (χ4n) is 1.89. The number of hydrogen-bond acceptors (Lipinski definition) is 0. The summed E-state index contributed by atoms with van der Waals surface area (Å²) in [6, 6.07) is 12.9. The summed E-state index contributed by atoms with van der Waals surface area (Å²) in [5, 5.41) is 2.58. The van der Waals surface area contributed by atoms with Gasteiger partial charge in [-0.25, -0.2) is 0 Å². The van der Waals surface area contributed by atoms with E-state index in [1.165, 1.54) is 22.8 Å². The molecular formula is C14H15. The Morgan fingerprint density at radius 2 is 1.93 bits per heavy atom. The maximum atomic E-state index is 4.09. The fraction of sp³-hybridized carbons (Fsp3) is 0.214. The number of rotatable bonds is 2. The Kier molecular flexibility index (Phi) is 2.53. The van der Waals surface area contributed by atoms with Gasteiger partial charge < -0.3 is 0 Å². The van der Waals surface area contributed by atoms with Crippen LogP contribution in [0.3, 0.4) is 0 Å². The molecule has 0 aliphatic rings. The average molecular weight is 183 g/mol. The lowest BCUT2D eigenvalue weighted by Gasteiger charge is -2.05. The number of fused-ring (bicyclic) bond motifs is 1. The van der Waals surface area contributed by atoms with Gasteiger partial charge in [0.25, 0.3) is 0 Å². The lowest BCUT2D eigenvalue weighted by atomic mass is 10.00. The number of aryl methyl sites for hydroxylation is 1. The third kappa shape index (κ3) is 1.65. The molecule has 0 aliphatic carbocycles. The molecule has 2 aromatic rings. The van der Waals surface area contributed by atoms with Crippen LogP contribution < -0.4 is 0 Å². The molecule has 71 valence electrons. The second-order valence-electron chi connectivity index (χ2n) is 3.73. The smallest absolute Gasteiger partial charge is 0.0152 e. The maximum Gasteiger partial charge on any atom is -0.0152 e. The molecule has 0 nitrogen and oxygen atoms in total. The minimum absolute atomic E-state index is 1.14. The Labute approximate surface area is 85.6 Å². The predicted molar refractivity (Wildman–Crippen MR) is 62.4 cm³/mol. The van der Waals surface area contributed by atoms with Gasteiger partial charge in [0.2, 0.25) is 0 Å². The van der Waals surface area contributed by atoms with Crippen molar-refractivity contribution in [1.29, 1.82) is 0 Å². The number of hydrogen-bond donors (Lipinski definition) is 0. The summed E-state index contributed by atoms with van der Waals surface area (Å²) >= 11 is 0. The van der Waals surface area contributed by atoms with Gasteiger partial charge in [-0.05, 0) is 35.2 Å². The van der Waals surface area contributed by atoms with Gasteiger partial charge in [-0.1, -0.05) is 49.7 Å². The van der Waals surface area contributed by atoms with Gasteiger partial charge in [0, 0.05) is 0 Å². The van der Waals surface area contributed by atoms with Crippen molar-refractivity contribution in [1.82, 2.24) is 0 Å². The zero-order valence-electron chi connectivity index (χ0n) is 8.59. The minimum Gasteiger partial charge on any atom is -0.0651 e. The van der Waals surface area contributed by atoms with Crippen LogP contribution in [0.5, 0.6) is 0 Å². The Morgan fingerprint density at radius 1 is 1.14 bits per heavy atom. The van der Waals surface area contributed by atoms with E-state index in [9.17, 15) is 0 Å². The van der Waals surface area contributed by atoms with Crippen molar-refractivity contribution < 1.29 is 0 Å². The quantitative estimate of drug-likeness (QED) is 0.660. The summed E-state index contributed by atoms with van der Waals surface area (Å²) in [6.45, 7) is 6.30. The summed E-state index contributed by atoms with van der Waals surface area (Å²) in [5.74, 6) is 0. The van der Waals surface area contributed by atoms with Crippen LogP contribution in [0.4, 0.5) is 0 Å². The predicted octanol–water partition coefficient (Wildman–Crippen LogP) is 3.97. The Morgan fingerprint density at radius 3 is 2.71 bits per heavy atom. The molecule has 0 heteroatoms. The topological polar surface area (TPSA) is 0 Å². The minimum atomic E-state index is 1.14. The molecule has 0 saturated heterocycles. The Balaban J connectivity index is 2.60. The largest absolute Gasteiger partial charge is 0.0651 e. The van der Waals surface area contributed by atoms with Crippen molar-refractivity contribution in [3.63, 3.8) is 0 Å². The van der Waals surface area contributed by atoms with Gasteiger partial charge >= 0.3 is 0 Å². The summed E-state index contributed by atoms with van der Waals surface area (Å²) in [6.07, 6.45) is 2.34. The van der Waals surface area contributed by atoms with Crippen molar-refractivity contribution in [2.45, 2.75) is 19.8 Å². The molecule has 2 rings (SSSR count). The molecule has 0 spiro atoms. The Hall–Kier alpha value is -1.30. The van der Waals surface area contributed by atoms with Crippen molar-refractivity contribution in [2.24, 2.45) is 0 Å². The Bertz CT molecular complexity index is 441. The highest BCUT2D eigenvalue weighted by Gasteiger charge is 1.99. The monoisotopic (exact) mass is 183 g/mol. The zero-order valence-corrected chi connectivity index (χ0v) is 8.59. The lowest BCUT2D eigenvalue weighted by Crippen LogP contribution is -1.86. The molecule has 0 atom stereocenters. The maximum absolute atomic E-state index is 4.09. The summed E-state index contributed by atoms with van der Waals surface area (Å²) < 4.78 is 0. The highest BCUT2D eigenvalue weighted by Crippen LogP contribution is 2.20. The third-order valence-electron chi connectivity index (χ3n) is 2.55. The van der Waals surface area contributed by atoms with E-state index >= 15 is 0 Å². The molecule has 0 saturated carbocycles. The van der Waals surface area contributed by atoms with E-state index < -0.39 is 0 Å². The molecule has 1 radical (unpaired) electrons. The molecule has 0 aliphatic heterocycles. The van der Waals surface area contributed by atoms with E-state index in [1.807, 2.05) is 0 Å². The second-order valence-corrected chi connectivity index (χ2v) is 3.73. The highest BCUT2D eigenvalue weighted by molar-refractivity contribution is 5.87. The van der Waals surface area contributed by atoms with Crippen LogP contribution in [0, 0.1) is 6.92 Å². The molecular weight excluding hydrogens is 168 g/mol. The first-order chi connectivity index (χ1) is 6.81. The molecule has 0 fully saturated rings. The third-order valence-corrected chi connectivity index (χ3v) is 2.55. The summed E-state index contributed by atoms with van der Waals surface area (Å²) in [4.78, 5) is 0. The second kappa shape index (κ2) is 3.83. The van der Waals surface area contributed by atoms with Gasteiger partial charge in [0.1, 0.15) is 0 Å². The van der Waals surface area contributed by atoms with Crippen molar-refractivity contribution >= 4 is 10.8 Å². The van der Waals surface area contributed by atoms with E-state index in [4.69, 9.17) is 0 Å². The fourth-order valence-corrected chi connectivity index (χ4v) is 1.89. The SMILES string of the molecule is [CH2]c1cc(CCC)cc2ccccc12. The average Bonchev–Trinajstić information content (AvgIpc) is 2.18. The molecule has 0 N–H and O–H groups in total. The molecule has 2 aromatic carbocycles. The van der Waals surface area contributed by atoms with E-state index in [1.54, 1.807) is 0 Å². The standard InChI is InChI=1S/C14H15/c1-3-6-12-9-11(2)14-8-5-4-7-13(14)10-12/h4-5,7-10H,2-3,6H2,1H3. The van der Waals surface area contributed by atoms with E-state index in [2.05, 4.69) is 50.2 Å². The van der Waals surface area contributed by atoms with Crippen molar-refractivity contribution in [2.75, 3.05) is 0 Å². The van der Waals surface area contributed by atoms with Gasteiger partial charge in [0.05, 0.1) is 0 Å². The summed E-state index contributed by atoms with van der Waals surface area (Å²) in [5.41, 5.74) is 2.54. The first-order valence-corrected chi connectivity index (χ1v) is 5.15. The number of benzene rings is 2. The van der Waals surface area contributed by atoms with Crippen LogP contribution in [0.1, 0.15) is 24.5 Å². The summed E-state index contributed by atoms with van der Waals surface area (Å²) in [7, 11) is 0. The zero-order chi connectivity index (χ0) is 9.97. The molecule has 0 amide bonds. The van der Waals surface area contributed by atoms with Crippen LogP contribution in [0.2, 0.25) is 0 Å². The van der Waals surface area contributed by atoms with Crippen LogP contribution in [-0.4, -0.2) is 0 Å². The van der Waals surface area contributed by atoms with Crippen LogP contribution in [0.15, 0.2) is 36.4 Å². The van der Waals surface area contributed by atoms with Gasteiger partial charge in [-0.15, -0.1) is 0 Å². The normalized spacial score (nSPS) is 10.7. The molecule has 0 aromatic heterocycles. The van der Waals surface area contributed by atoms with E-state index in [0.717, 1.165) is 12.0 Å². The van der Waals surface area contributed by atoms with E-state index in [0.29, 0.717) is 0 Å². The molecule has 0 unspecified atom stereocenters. The van der Waals surface area contributed by atoms with Crippen molar-refractivity contribution in [3.05, 3.63) is 54.4 Å². The molecule has 0 heterocycles. The lowest BCUT2D eigenvalue weighted by molar-refractivity contribution is 0.923. The van der Waals surface area contributed by atoms with Crippen LogP contribution >= 0.6 is 0 Å². The van der Waals surface area contributed by atoms with Gasteiger partial charge in [0.15, 0.2) is 0 Å².